The summed E-state index contributed by atoms with van der Waals surface area (Å²) in [7, 11) is 0. The van der Waals surface area contributed by atoms with Gasteiger partial charge in [-0.1, -0.05) is 0 Å². The number of carbonyl (C=O) groups is 1. The molecule has 0 spiro atoms. The Bertz CT molecular complexity index is 612. The molecule has 1 heterocycles. The van der Waals surface area contributed by atoms with Crippen molar-refractivity contribution in [3.05, 3.63) is 46.3 Å². The lowest BCUT2D eigenvalue weighted by molar-refractivity contribution is -0.385. The summed E-state index contributed by atoms with van der Waals surface area (Å²) in [6.07, 6.45) is 4.74. The number of H-pyrrole nitrogens is 1. The van der Waals surface area contributed by atoms with Crippen LogP contribution < -0.4 is 5.32 Å². The number of nitrogens with one attached hydrogen (secondary N) is 2. The Morgan fingerprint density at radius 3 is 2.89 bits per heavy atom. The highest BCUT2D eigenvalue weighted by molar-refractivity contribution is 7.98. The summed E-state index contributed by atoms with van der Waals surface area (Å²) in [6.45, 7) is 0. The smallest absolute Gasteiger partial charge is 0.282 e. The summed E-state index contributed by atoms with van der Waals surface area (Å²) in [5.41, 5.74) is 0.255. The third-order valence-electron chi connectivity index (χ3n) is 2.40. The van der Waals surface area contributed by atoms with Crippen LogP contribution in [0.3, 0.4) is 0 Å². The van der Waals surface area contributed by atoms with E-state index in [9.17, 15) is 14.9 Å². The van der Waals surface area contributed by atoms with Gasteiger partial charge in [0.05, 0.1) is 16.8 Å². The largest absolute Gasteiger partial charge is 0.319 e. The molecule has 0 fully saturated rings. The lowest BCUT2D eigenvalue weighted by atomic mass is 10.1. The molecule has 0 aliphatic heterocycles. The predicted molar refractivity (Wildman–Crippen MR) is 71.4 cm³/mol. The standard InChI is InChI=1S/C11H10N4O3S/c1-19-8-2-3-10(15(17)18)9(4-8)11(16)14-7-5-12-13-6-7/h2-6H,1H3,(H,12,13)(H,14,16). The third kappa shape index (κ3) is 2.91. The van der Waals surface area contributed by atoms with Gasteiger partial charge in [-0.3, -0.25) is 20.0 Å². The highest BCUT2D eigenvalue weighted by Crippen LogP contribution is 2.25. The van der Waals surface area contributed by atoms with Crippen LogP contribution in [-0.2, 0) is 0 Å². The average Bonchev–Trinajstić information content (AvgIpc) is 2.90. The normalized spacial score (nSPS) is 10.2. The maximum Gasteiger partial charge on any atom is 0.282 e. The second kappa shape index (κ2) is 5.53. The highest BCUT2D eigenvalue weighted by Gasteiger charge is 2.20. The first-order chi connectivity index (χ1) is 9.11. The van der Waals surface area contributed by atoms with Gasteiger partial charge in [0, 0.05) is 17.2 Å². The van der Waals surface area contributed by atoms with Gasteiger partial charge in [-0.15, -0.1) is 11.8 Å². The van der Waals surface area contributed by atoms with E-state index >= 15 is 0 Å². The van der Waals surface area contributed by atoms with Gasteiger partial charge in [0.15, 0.2) is 0 Å². The van der Waals surface area contributed by atoms with E-state index in [0.717, 1.165) is 4.90 Å². The van der Waals surface area contributed by atoms with Crippen molar-refractivity contribution in [2.24, 2.45) is 0 Å². The second-order valence-corrected chi connectivity index (χ2v) is 4.46. The zero-order chi connectivity index (χ0) is 13.8. The molecule has 1 aromatic carbocycles. The van der Waals surface area contributed by atoms with E-state index in [1.807, 2.05) is 6.26 Å². The molecule has 2 N–H and O–H groups in total. The third-order valence-corrected chi connectivity index (χ3v) is 3.13. The maximum atomic E-state index is 12.0. The maximum absolute atomic E-state index is 12.0. The van der Waals surface area contributed by atoms with Crippen LogP contribution in [0.5, 0.6) is 0 Å². The van der Waals surface area contributed by atoms with Gasteiger partial charge in [0.25, 0.3) is 11.6 Å². The monoisotopic (exact) mass is 278 g/mol. The molecule has 98 valence electrons. The number of benzene rings is 1. The number of anilines is 1. The Morgan fingerprint density at radius 2 is 2.32 bits per heavy atom. The molecule has 2 rings (SSSR count). The van der Waals surface area contributed by atoms with E-state index in [4.69, 9.17) is 0 Å². The van der Waals surface area contributed by atoms with Gasteiger partial charge < -0.3 is 5.32 Å². The molecule has 19 heavy (non-hydrogen) atoms. The van der Waals surface area contributed by atoms with Gasteiger partial charge in [0.1, 0.15) is 5.56 Å². The summed E-state index contributed by atoms with van der Waals surface area (Å²) in [6, 6.07) is 4.44. The quantitative estimate of drug-likeness (QED) is 0.507. The number of hydrogen-bond donors (Lipinski definition) is 2. The summed E-state index contributed by atoms with van der Waals surface area (Å²) in [5.74, 6) is -0.538. The van der Waals surface area contributed by atoms with Crippen molar-refractivity contribution in [1.82, 2.24) is 10.2 Å². The topological polar surface area (TPSA) is 101 Å². The van der Waals surface area contributed by atoms with Crippen LogP contribution in [0.25, 0.3) is 0 Å². The molecule has 0 bridgehead atoms. The van der Waals surface area contributed by atoms with Crippen molar-refractivity contribution in [2.45, 2.75) is 4.90 Å². The van der Waals surface area contributed by atoms with Crippen LogP contribution in [0.15, 0.2) is 35.5 Å². The Morgan fingerprint density at radius 1 is 1.53 bits per heavy atom. The number of aromatic amines is 1. The summed E-state index contributed by atoms with van der Waals surface area (Å²) < 4.78 is 0. The van der Waals surface area contributed by atoms with Gasteiger partial charge >= 0.3 is 0 Å². The van der Waals surface area contributed by atoms with Crippen molar-refractivity contribution >= 4 is 29.0 Å². The molecule has 0 saturated carbocycles. The number of carbonyl (C=O) groups excluding carboxylic acids is 1. The van der Waals surface area contributed by atoms with Crippen molar-refractivity contribution in [1.29, 1.82) is 0 Å². The Hall–Kier alpha value is -2.35. The molecule has 0 aliphatic carbocycles. The molecular formula is C11H10N4O3S. The minimum atomic E-state index is -0.575. The van der Waals surface area contributed by atoms with Crippen LogP contribution in [-0.4, -0.2) is 27.3 Å². The number of aromatic nitrogens is 2. The molecule has 0 atom stereocenters. The fourth-order valence-corrected chi connectivity index (χ4v) is 1.94. The van der Waals surface area contributed by atoms with Crippen LogP contribution in [0.1, 0.15) is 10.4 Å². The minimum Gasteiger partial charge on any atom is -0.319 e. The Kier molecular flexibility index (Phi) is 3.81. The van der Waals surface area contributed by atoms with Crippen molar-refractivity contribution in [2.75, 3.05) is 11.6 Å². The molecular weight excluding hydrogens is 268 g/mol. The number of rotatable bonds is 4. The van der Waals surface area contributed by atoms with Crippen LogP contribution in [0.2, 0.25) is 0 Å². The first kappa shape index (κ1) is 13.1. The SMILES string of the molecule is CSc1ccc([N+](=O)[O-])c(C(=O)Nc2cn[nH]c2)c1. The fourth-order valence-electron chi connectivity index (χ4n) is 1.50. The summed E-state index contributed by atoms with van der Waals surface area (Å²) in [4.78, 5) is 23.2. The van der Waals surface area contributed by atoms with Gasteiger partial charge in [-0.25, -0.2) is 0 Å². The molecule has 0 radical (unpaired) electrons. The lowest BCUT2D eigenvalue weighted by Gasteiger charge is -2.05. The molecule has 1 aromatic heterocycles. The molecule has 8 heteroatoms. The first-order valence-electron chi connectivity index (χ1n) is 5.24. The van der Waals surface area contributed by atoms with E-state index in [2.05, 4.69) is 15.5 Å². The lowest BCUT2D eigenvalue weighted by Crippen LogP contribution is -2.13. The minimum absolute atomic E-state index is 0.0260. The van der Waals surface area contributed by atoms with Gasteiger partial charge in [-0.2, -0.15) is 5.10 Å². The van der Waals surface area contributed by atoms with Crippen molar-refractivity contribution in [3.63, 3.8) is 0 Å². The van der Waals surface area contributed by atoms with Gasteiger partial charge in [0.2, 0.25) is 0 Å². The number of nitro groups is 1. The van der Waals surface area contributed by atoms with Gasteiger partial charge in [-0.05, 0) is 18.4 Å². The summed E-state index contributed by atoms with van der Waals surface area (Å²) >= 11 is 1.41. The zero-order valence-electron chi connectivity index (χ0n) is 9.91. The number of nitrogens with zero attached hydrogens (tertiary/aromatic N) is 2. The van der Waals surface area contributed by atoms with Crippen LogP contribution in [0.4, 0.5) is 11.4 Å². The molecule has 0 aliphatic rings. The summed E-state index contributed by atoms with van der Waals surface area (Å²) in [5, 5.41) is 19.7. The van der Waals surface area contributed by atoms with E-state index in [-0.39, 0.29) is 11.3 Å². The predicted octanol–water partition coefficient (Wildman–Crippen LogP) is 2.29. The highest BCUT2D eigenvalue weighted by atomic mass is 32.2. The molecule has 0 unspecified atom stereocenters. The van der Waals surface area contributed by atoms with E-state index < -0.39 is 10.8 Å². The number of amides is 1. The van der Waals surface area contributed by atoms with Crippen molar-refractivity contribution < 1.29 is 9.72 Å². The molecule has 2 aromatic rings. The molecule has 7 nitrogen and oxygen atoms in total. The number of nitro benzene ring substituents is 1. The fraction of sp³-hybridized carbons (Fsp3) is 0.0909. The number of hydrogen-bond acceptors (Lipinski definition) is 5. The van der Waals surface area contributed by atoms with E-state index in [1.54, 1.807) is 6.07 Å². The average molecular weight is 278 g/mol. The van der Waals surface area contributed by atoms with Crippen LogP contribution in [0, 0.1) is 10.1 Å². The second-order valence-electron chi connectivity index (χ2n) is 3.58. The first-order valence-corrected chi connectivity index (χ1v) is 6.47. The van der Waals surface area contributed by atoms with Crippen LogP contribution >= 0.6 is 11.8 Å². The Balaban J connectivity index is 2.35. The van der Waals surface area contributed by atoms with Crippen molar-refractivity contribution in [3.8, 4) is 0 Å². The van der Waals surface area contributed by atoms with E-state index in [0.29, 0.717) is 5.69 Å². The molecule has 0 saturated heterocycles. The zero-order valence-corrected chi connectivity index (χ0v) is 10.7. The van der Waals surface area contributed by atoms with E-state index in [1.165, 1.54) is 36.3 Å². The molecule has 1 amide bonds. The number of thioether (sulfide) groups is 1. The Labute approximate surface area is 112 Å².